The number of hydrogen-bond donors (Lipinski definition) is 1. The van der Waals surface area contributed by atoms with E-state index in [4.69, 9.17) is 0 Å². The Bertz CT molecular complexity index is 280. The average Bonchev–Trinajstić information content (AvgIpc) is 2.52. The van der Waals surface area contributed by atoms with Gasteiger partial charge in [-0.1, -0.05) is 13.8 Å². The van der Waals surface area contributed by atoms with Crippen LogP contribution in [0.1, 0.15) is 34.6 Å². The van der Waals surface area contributed by atoms with Crippen LogP contribution in [0, 0.1) is 5.41 Å². The van der Waals surface area contributed by atoms with Gasteiger partial charge in [-0.15, -0.1) is 0 Å². The predicted molar refractivity (Wildman–Crippen MR) is 63.8 cm³/mol. The monoisotopic (exact) mass is 209 g/mol. The van der Waals surface area contributed by atoms with Gasteiger partial charge in [0.25, 0.3) is 0 Å². The van der Waals surface area contributed by atoms with E-state index in [-0.39, 0.29) is 11.0 Å². The summed E-state index contributed by atoms with van der Waals surface area (Å²) in [5, 5.41) is 7.77. The Morgan fingerprint density at radius 2 is 1.87 bits per heavy atom. The van der Waals surface area contributed by atoms with E-state index in [1.165, 1.54) is 0 Å². The summed E-state index contributed by atoms with van der Waals surface area (Å²) in [6.45, 7) is 13.0. The maximum absolute atomic E-state index is 4.23. The van der Waals surface area contributed by atoms with Crippen LogP contribution in [0.15, 0.2) is 18.5 Å². The van der Waals surface area contributed by atoms with E-state index >= 15 is 0 Å². The molecule has 1 aromatic rings. The Kier molecular flexibility index (Phi) is 3.55. The van der Waals surface area contributed by atoms with E-state index in [2.05, 4.69) is 45.0 Å². The molecule has 0 saturated heterocycles. The first-order valence-corrected chi connectivity index (χ1v) is 5.51. The second-order valence-electron chi connectivity index (χ2n) is 5.97. The van der Waals surface area contributed by atoms with Crippen molar-refractivity contribution in [2.75, 3.05) is 6.54 Å². The maximum atomic E-state index is 4.23. The molecule has 0 amide bonds. The number of nitrogens with one attached hydrogen (secondary N) is 1. The molecular formula is C12H23N3. The molecule has 0 spiro atoms. The minimum absolute atomic E-state index is 0.182. The molecule has 86 valence electrons. The Morgan fingerprint density at radius 3 is 2.33 bits per heavy atom. The van der Waals surface area contributed by atoms with Gasteiger partial charge in [-0.25, -0.2) is 0 Å². The Hall–Kier alpha value is -0.830. The van der Waals surface area contributed by atoms with Crippen LogP contribution in [-0.2, 0) is 6.54 Å². The SMILES string of the molecule is CC(C)(CNC(C)(C)C)Cn1cccn1. The lowest BCUT2D eigenvalue weighted by Gasteiger charge is -2.30. The minimum atomic E-state index is 0.182. The molecular weight excluding hydrogens is 186 g/mol. The lowest BCUT2D eigenvalue weighted by atomic mass is 9.92. The van der Waals surface area contributed by atoms with Gasteiger partial charge < -0.3 is 5.32 Å². The fourth-order valence-corrected chi connectivity index (χ4v) is 1.39. The van der Waals surface area contributed by atoms with E-state index in [9.17, 15) is 0 Å². The zero-order valence-corrected chi connectivity index (χ0v) is 10.5. The van der Waals surface area contributed by atoms with Gasteiger partial charge in [-0.2, -0.15) is 5.10 Å². The van der Waals surface area contributed by atoms with Gasteiger partial charge in [0.2, 0.25) is 0 Å². The number of aromatic nitrogens is 2. The summed E-state index contributed by atoms with van der Waals surface area (Å²) in [6.07, 6.45) is 3.84. The van der Waals surface area contributed by atoms with E-state index in [0.29, 0.717) is 0 Å². The summed E-state index contributed by atoms with van der Waals surface area (Å²) in [5.74, 6) is 0. The fourth-order valence-electron chi connectivity index (χ4n) is 1.39. The molecule has 0 aliphatic rings. The second-order valence-corrected chi connectivity index (χ2v) is 5.97. The van der Waals surface area contributed by atoms with Gasteiger partial charge in [0.1, 0.15) is 0 Å². The highest BCUT2D eigenvalue weighted by Crippen LogP contribution is 2.17. The van der Waals surface area contributed by atoms with E-state index in [1.807, 2.05) is 23.1 Å². The molecule has 0 atom stereocenters. The zero-order chi connectivity index (χ0) is 11.5. The van der Waals surface area contributed by atoms with Crippen LogP contribution >= 0.6 is 0 Å². The van der Waals surface area contributed by atoms with Crippen molar-refractivity contribution in [3.63, 3.8) is 0 Å². The zero-order valence-electron chi connectivity index (χ0n) is 10.5. The van der Waals surface area contributed by atoms with Crippen LogP contribution in [0.3, 0.4) is 0 Å². The largest absolute Gasteiger partial charge is 0.311 e. The van der Waals surface area contributed by atoms with Gasteiger partial charge in [-0.05, 0) is 32.3 Å². The molecule has 0 aliphatic carbocycles. The van der Waals surface area contributed by atoms with Gasteiger partial charge in [0, 0.05) is 31.0 Å². The summed E-state index contributed by atoms with van der Waals surface area (Å²) >= 11 is 0. The maximum Gasteiger partial charge on any atom is 0.0489 e. The third-order valence-corrected chi connectivity index (χ3v) is 2.25. The highest BCUT2D eigenvalue weighted by atomic mass is 15.3. The van der Waals surface area contributed by atoms with E-state index < -0.39 is 0 Å². The highest BCUT2D eigenvalue weighted by molar-refractivity contribution is 4.82. The first kappa shape index (κ1) is 12.2. The second kappa shape index (κ2) is 4.35. The molecule has 0 bridgehead atoms. The molecule has 1 rings (SSSR count). The van der Waals surface area contributed by atoms with Crippen molar-refractivity contribution in [1.29, 1.82) is 0 Å². The average molecular weight is 209 g/mol. The number of hydrogen-bond acceptors (Lipinski definition) is 2. The van der Waals surface area contributed by atoms with Crippen molar-refractivity contribution in [2.24, 2.45) is 5.41 Å². The third kappa shape index (κ3) is 4.98. The molecule has 1 heterocycles. The fraction of sp³-hybridized carbons (Fsp3) is 0.750. The standard InChI is InChI=1S/C12H23N3/c1-11(2,3)13-9-12(4,5)10-15-8-6-7-14-15/h6-8,13H,9-10H2,1-5H3. The number of nitrogens with zero attached hydrogens (tertiary/aromatic N) is 2. The lowest BCUT2D eigenvalue weighted by molar-refractivity contribution is 0.246. The number of rotatable bonds is 4. The lowest BCUT2D eigenvalue weighted by Crippen LogP contribution is -2.43. The van der Waals surface area contributed by atoms with Crippen molar-refractivity contribution in [2.45, 2.75) is 46.7 Å². The third-order valence-electron chi connectivity index (χ3n) is 2.25. The summed E-state index contributed by atoms with van der Waals surface area (Å²) in [7, 11) is 0. The molecule has 0 radical (unpaired) electrons. The minimum Gasteiger partial charge on any atom is -0.311 e. The van der Waals surface area contributed by atoms with Crippen molar-refractivity contribution in [3.8, 4) is 0 Å². The van der Waals surface area contributed by atoms with Gasteiger partial charge in [0.15, 0.2) is 0 Å². The van der Waals surface area contributed by atoms with E-state index in [1.54, 1.807) is 0 Å². The molecule has 15 heavy (non-hydrogen) atoms. The quantitative estimate of drug-likeness (QED) is 0.824. The van der Waals surface area contributed by atoms with Gasteiger partial charge in [0.05, 0.1) is 0 Å². The molecule has 0 fully saturated rings. The van der Waals surface area contributed by atoms with Crippen molar-refractivity contribution < 1.29 is 0 Å². The molecule has 1 aromatic heterocycles. The van der Waals surface area contributed by atoms with Crippen LogP contribution in [0.25, 0.3) is 0 Å². The van der Waals surface area contributed by atoms with Gasteiger partial charge in [-0.3, -0.25) is 4.68 Å². The predicted octanol–water partition coefficient (Wildman–Crippen LogP) is 2.30. The van der Waals surface area contributed by atoms with Gasteiger partial charge >= 0.3 is 0 Å². The molecule has 3 nitrogen and oxygen atoms in total. The summed E-state index contributed by atoms with van der Waals surface area (Å²) < 4.78 is 1.99. The van der Waals surface area contributed by atoms with Crippen LogP contribution < -0.4 is 5.32 Å². The highest BCUT2D eigenvalue weighted by Gasteiger charge is 2.21. The van der Waals surface area contributed by atoms with Crippen LogP contribution in [-0.4, -0.2) is 21.9 Å². The topological polar surface area (TPSA) is 29.9 Å². The van der Waals surface area contributed by atoms with Crippen LogP contribution in [0.2, 0.25) is 0 Å². The van der Waals surface area contributed by atoms with Crippen LogP contribution in [0.4, 0.5) is 0 Å². The normalized spacial score (nSPS) is 13.1. The summed E-state index contributed by atoms with van der Waals surface area (Å²) in [5.41, 5.74) is 0.403. The Balaban J connectivity index is 2.45. The Morgan fingerprint density at radius 1 is 1.20 bits per heavy atom. The molecule has 0 aromatic carbocycles. The molecule has 0 saturated carbocycles. The molecule has 1 N–H and O–H groups in total. The first-order chi connectivity index (χ1) is 6.79. The van der Waals surface area contributed by atoms with Crippen molar-refractivity contribution >= 4 is 0 Å². The molecule has 3 heteroatoms. The smallest absolute Gasteiger partial charge is 0.0489 e. The Labute approximate surface area is 92.9 Å². The molecule has 0 aliphatic heterocycles. The summed E-state index contributed by atoms with van der Waals surface area (Å²) in [4.78, 5) is 0. The van der Waals surface area contributed by atoms with Crippen LogP contribution in [0.5, 0.6) is 0 Å². The van der Waals surface area contributed by atoms with Crippen molar-refractivity contribution in [3.05, 3.63) is 18.5 Å². The molecule has 0 unspecified atom stereocenters. The first-order valence-electron chi connectivity index (χ1n) is 5.51. The summed E-state index contributed by atoms with van der Waals surface area (Å²) in [6, 6.07) is 1.97. The van der Waals surface area contributed by atoms with Crippen molar-refractivity contribution in [1.82, 2.24) is 15.1 Å². The van der Waals surface area contributed by atoms with E-state index in [0.717, 1.165) is 13.1 Å².